The van der Waals surface area contributed by atoms with Gasteiger partial charge >= 0.3 is 6.03 Å². The summed E-state index contributed by atoms with van der Waals surface area (Å²) in [5.74, 6) is -0.0497. The summed E-state index contributed by atoms with van der Waals surface area (Å²) in [6, 6.07) is -0.468. The normalized spacial score (nSPS) is 11.4. The molecule has 8 nitrogen and oxygen atoms in total. The molecule has 0 radical (unpaired) electrons. The Balaban J connectivity index is 2.86. The second kappa shape index (κ2) is 8.64. The van der Waals surface area contributed by atoms with Gasteiger partial charge < -0.3 is 9.64 Å². The summed E-state index contributed by atoms with van der Waals surface area (Å²) in [6.45, 7) is 8.81. The molecule has 1 aromatic rings. The third-order valence-electron chi connectivity index (χ3n) is 2.75. The Bertz CT molecular complexity index is 597. The highest BCUT2D eigenvalue weighted by Crippen LogP contribution is 2.06. The van der Waals surface area contributed by atoms with Crippen LogP contribution in [0.4, 0.5) is 4.79 Å². The molecule has 0 saturated heterocycles. The van der Waals surface area contributed by atoms with Crippen molar-refractivity contribution >= 4 is 15.9 Å². The monoisotopic (exact) mass is 330 g/mol. The van der Waals surface area contributed by atoms with Crippen molar-refractivity contribution in [3.8, 4) is 0 Å². The molecule has 1 heterocycles. The van der Waals surface area contributed by atoms with Crippen molar-refractivity contribution in [3.05, 3.63) is 19.0 Å². The van der Waals surface area contributed by atoms with Gasteiger partial charge in [-0.15, -0.1) is 11.7 Å². The highest BCUT2D eigenvalue weighted by Gasteiger charge is 2.22. The Hall–Kier alpha value is -1.74. The minimum absolute atomic E-state index is 0.0497. The second-order valence-electron chi connectivity index (χ2n) is 4.50. The molecule has 0 bridgehead atoms. The van der Waals surface area contributed by atoms with Gasteiger partial charge in [0.1, 0.15) is 6.33 Å². The fraction of sp³-hybridized carbons (Fsp3) is 0.615. The molecule has 0 aliphatic heterocycles. The third kappa shape index (κ3) is 4.92. The molecule has 0 spiro atoms. The number of aromatic nitrogens is 3. The number of carbonyl (C=O) groups excluding carboxylic acids is 1. The summed E-state index contributed by atoms with van der Waals surface area (Å²) in [4.78, 5) is 17.5. The van der Waals surface area contributed by atoms with E-state index in [9.17, 15) is 13.2 Å². The van der Waals surface area contributed by atoms with Gasteiger partial charge in [0.2, 0.25) is 9.84 Å². The highest BCUT2D eigenvalue weighted by atomic mass is 32.2. The molecule has 0 fully saturated rings. The highest BCUT2D eigenvalue weighted by molar-refractivity contribution is 7.91. The molecule has 0 N–H and O–H groups in total. The Morgan fingerprint density at radius 2 is 2.23 bits per heavy atom. The SMILES string of the molecule is C=CCN(CCOCC)C(=O)n1cnc(S(=O)(=O)CCC)n1. The summed E-state index contributed by atoms with van der Waals surface area (Å²) in [5, 5.41) is 3.46. The van der Waals surface area contributed by atoms with Crippen molar-refractivity contribution in [2.75, 3.05) is 32.1 Å². The van der Waals surface area contributed by atoms with E-state index in [-0.39, 0.29) is 10.9 Å². The Kier molecular flexibility index (Phi) is 7.19. The molecule has 0 aliphatic rings. The van der Waals surface area contributed by atoms with Crippen LogP contribution in [0, 0.1) is 0 Å². The van der Waals surface area contributed by atoms with Crippen molar-refractivity contribution < 1.29 is 17.9 Å². The first kappa shape index (κ1) is 18.3. The Morgan fingerprint density at radius 3 is 2.82 bits per heavy atom. The van der Waals surface area contributed by atoms with E-state index in [1.165, 1.54) is 4.90 Å². The zero-order valence-corrected chi connectivity index (χ0v) is 13.8. The first-order chi connectivity index (χ1) is 10.5. The number of carbonyl (C=O) groups is 1. The molecular formula is C13H22N4O4S. The number of hydrogen-bond donors (Lipinski definition) is 0. The zero-order chi connectivity index (χ0) is 16.6. The molecule has 0 aromatic carbocycles. The molecule has 124 valence electrons. The van der Waals surface area contributed by atoms with Gasteiger partial charge in [0.05, 0.1) is 12.4 Å². The Labute approximate surface area is 130 Å². The van der Waals surface area contributed by atoms with Crippen LogP contribution >= 0.6 is 0 Å². The van der Waals surface area contributed by atoms with Crippen LogP contribution in [0.1, 0.15) is 20.3 Å². The molecule has 0 saturated carbocycles. The lowest BCUT2D eigenvalue weighted by atomic mass is 10.5. The maximum atomic E-state index is 12.3. The summed E-state index contributed by atoms with van der Waals surface area (Å²) < 4.78 is 29.9. The van der Waals surface area contributed by atoms with Gasteiger partial charge in [0.25, 0.3) is 5.16 Å². The van der Waals surface area contributed by atoms with Crippen LogP contribution in [0.25, 0.3) is 0 Å². The lowest BCUT2D eigenvalue weighted by Gasteiger charge is -2.19. The van der Waals surface area contributed by atoms with E-state index in [0.717, 1.165) is 11.0 Å². The lowest BCUT2D eigenvalue weighted by molar-refractivity contribution is 0.122. The van der Waals surface area contributed by atoms with Crippen LogP contribution in [-0.2, 0) is 14.6 Å². The fourth-order valence-electron chi connectivity index (χ4n) is 1.73. The lowest BCUT2D eigenvalue weighted by Crippen LogP contribution is -2.37. The molecule has 1 amide bonds. The fourth-order valence-corrected chi connectivity index (χ4v) is 2.87. The van der Waals surface area contributed by atoms with Crippen LogP contribution < -0.4 is 0 Å². The van der Waals surface area contributed by atoms with Crippen molar-refractivity contribution in [2.45, 2.75) is 25.4 Å². The third-order valence-corrected chi connectivity index (χ3v) is 4.44. The van der Waals surface area contributed by atoms with Crippen LogP contribution in [0.2, 0.25) is 0 Å². The van der Waals surface area contributed by atoms with Gasteiger partial charge in [-0.1, -0.05) is 13.0 Å². The molecule has 1 aromatic heterocycles. The summed E-state index contributed by atoms with van der Waals surface area (Å²) in [7, 11) is -3.54. The van der Waals surface area contributed by atoms with E-state index in [2.05, 4.69) is 16.7 Å². The summed E-state index contributed by atoms with van der Waals surface area (Å²) in [6.07, 6.45) is 3.15. The van der Waals surface area contributed by atoms with E-state index in [1.807, 2.05) is 6.92 Å². The van der Waals surface area contributed by atoms with E-state index < -0.39 is 15.9 Å². The van der Waals surface area contributed by atoms with Crippen molar-refractivity contribution in [1.29, 1.82) is 0 Å². The number of amides is 1. The van der Waals surface area contributed by atoms with Crippen LogP contribution in [-0.4, -0.2) is 66.2 Å². The topological polar surface area (TPSA) is 94.4 Å². The van der Waals surface area contributed by atoms with Crippen LogP contribution in [0.3, 0.4) is 0 Å². The quantitative estimate of drug-likeness (QED) is 0.494. The minimum Gasteiger partial charge on any atom is -0.380 e. The van der Waals surface area contributed by atoms with Crippen molar-refractivity contribution in [2.24, 2.45) is 0 Å². The van der Waals surface area contributed by atoms with E-state index in [0.29, 0.717) is 32.7 Å². The number of rotatable bonds is 9. The first-order valence-electron chi connectivity index (χ1n) is 7.08. The molecule has 0 unspecified atom stereocenters. The summed E-state index contributed by atoms with van der Waals surface area (Å²) >= 11 is 0. The van der Waals surface area contributed by atoms with Gasteiger partial charge in [-0.25, -0.2) is 18.2 Å². The first-order valence-corrected chi connectivity index (χ1v) is 8.73. The minimum atomic E-state index is -3.54. The summed E-state index contributed by atoms with van der Waals surface area (Å²) in [5.41, 5.74) is 0. The second-order valence-corrected chi connectivity index (χ2v) is 6.51. The van der Waals surface area contributed by atoms with Gasteiger partial charge in [-0.3, -0.25) is 0 Å². The van der Waals surface area contributed by atoms with E-state index >= 15 is 0 Å². The van der Waals surface area contributed by atoms with Gasteiger partial charge in [-0.05, 0) is 13.3 Å². The van der Waals surface area contributed by atoms with Gasteiger partial charge in [-0.2, -0.15) is 4.68 Å². The van der Waals surface area contributed by atoms with Gasteiger partial charge in [0.15, 0.2) is 0 Å². The molecule has 22 heavy (non-hydrogen) atoms. The number of ether oxygens (including phenoxy) is 1. The van der Waals surface area contributed by atoms with Crippen molar-refractivity contribution in [3.63, 3.8) is 0 Å². The maximum Gasteiger partial charge on any atom is 0.346 e. The average molecular weight is 330 g/mol. The zero-order valence-electron chi connectivity index (χ0n) is 12.9. The Morgan fingerprint density at radius 1 is 1.50 bits per heavy atom. The molecular weight excluding hydrogens is 308 g/mol. The molecule has 0 atom stereocenters. The maximum absolute atomic E-state index is 12.3. The standard InChI is InChI=1S/C13H22N4O4S/c1-4-7-16(8-9-21-6-3)13(18)17-11-14-12(15-17)22(19,20)10-5-2/h4,11H,1,5-10H2,2-3H3. The van der Waals surface area contributed by atoms with Gasteiger partial charge in [0, 0.05) is 19.7 Å². The predicted octanol–water partition coefficient (Wildman–Crippen LogP) is 0.954. The predicted molar refractivity (Wildman–Crippen MR) is 81.4 cm³/mol. The number of hydrogen-bond acceptors (Lipinski definition) is 6. The molecule has 9 heteroatoms. The van der Waals surface area contributed by atoms with Crippen LogP contribution in [0.5, 0.6) is 0 Å². The van der Waals surface area contributed by atoms with E-state index in [1.54, 1.807) is 13.0 Å². The van der Waals surface area contributed by atoms with Crippen molar-refractivity contribution in [1.82, 2.24) is 19.7 Å². The molecule has 0 aliphatic carbocycles. The average Bonchev–Trinajstić information content (AvgIpc) is 2.96. The van der Waals surface area contributed by atoms with E-state index in [4.69, 9.17) is 4.74 Å². The molecule has 1 rings (SSSR count). The largest absolute Gasteiger partial charge is 0.380 e. The number of nitrogens with zero attached hydrogens (tertiary/aromatic N) is 4. The van der Waals surface area contributed by atoms with Crippen LogP contribution in [0.15, 0.2) is 24.1 Å². The number of sulfone groups is 1. The smallest absolute Gasteiger partial charge is 0.346 e.